The number of rotatable bonds is 7. The van der Waals surface area contributed by atoms with Gasteiger partial charge < -0.3 is 14.7 Å². The van der Waals surface area contributed by atoms with Gasteiger partial charge in [-0.05, 0) is 55.8 Å². The summed E-state index contributed by atoms with van der Waals surface area (Å²) in [5.74, 6) is 0.509. The van der Waals surface area contributed by atoms with Gasteiger partial charge in [0, 0.05) is 42.3 Å². The van der Waals surface area contributed by atoms with Crippen LogP contribution in [0.1, 0.15) is 34.5 Å². The van der Waals surface area contributed by atoms with E-state index in [1.807, 2.05) is 66.4 Å². The molecule has 1 aliphatic rings. The van der Waals surface area contributed by atoms with E-state index in [1.54, 1.807) is 29.2 Å². The van der Waals surface area contributed by atoms with E-state index in [0.717, 1.165) is 22.6 Å². The summed E-state index contributed by atoms with van der Waals surface area (Å²) in [6, 6.07) is 28.4. The lowest BCUT2D eigenvalue weighted by Crippen LogP contribution is -2.52. The van der Waals surface area contributed by atoms with Crippen LogP contribution in [0.5, 0.6) is 0 Å². The second-order valence-electron chi connectivity index (χ2n) is 10.0. The molecule has 0 spiro atoms. The summed E-state index contributed by atoms with van der Waals surface area (Å²) in [7, 11) is 0. The van der Waals surface area contributed by atoms with Crippen LogP contribution in [0, 0.1) is 6.92 Å². The van der Waals surface area contributed by atoms with Gasteiger partial charge in [-0.3, -0.25) is 9.59 Å². The zero-order valence-corrected chi connectivity index (χ0v) is 23.5. The van der Waals surface area contributed by atoms with Crippen LogP contribution in [-0.2, 0) is 4.79 Å². The minimum Gasteiger partial charge on any atom is -0.352 e. The van der Waals surface area contributed by atoms with Gasteiger partial charge in [0.05, 0.1) is 11.7 Å². The topological polar surface area (TPSA) is 69.6 Å². The van der Waals surface area contributed by atoms with Gasteiger partial charge >= 0.3 is 0 Å². The molecule has 0 aliphatic carbocycles. The highest BCUT2D eigenvalue weighted by atomic mass is 35.5. The van der Waals surface area contributed by atoms with E-state index in [-0.39, 0.29) is 24.4 Å². The van der Waals surface area contributed by atoms with Crippen molar-refractivity contribution >= 4 is 29.2 Å². The van der Waals surface area contributed by atoms with Crippen molar-refractivity contribution in [2.45, 2.75) is 19.9 Å². The number of amides is 2. The maximum absolute atomic E-state index is 13.6. The molecule has 5 rings (SSSR count). The SMILES string of the molecule is Cc1ccc(-c2ccc(N3CCN(C(=O)CN(C(=O)c4ccc(Cl)cc4)[C@@H](C)c4ccccc4)CC3)nn2)cc1. The molecule has 0 N–H and O–H groups in total. The summed E-state index contributed by atoms with van der Waals surface area (Å²) in [5.41, 5.74) is 4.53. The average Bonchev–Trinajstić information content (AvgIpc) is 3.00. The minimum absolute atomic E-state index is 0.0113. The van der Waals surface area contributed by atoms with Gasteiger partial charge in [0.1, 0.15) is 6.54 Å². The van der Waals surface area contributed by atoms with Crippen LogP contribution in [0.25, 0.3) is 11.3 Å². The third kappa shape index (κ3) is 6.32. The molecule has 8 heteroatoms. The van der Waals surface area contributed by atoms with E-state index in [9.17, 15) is 9.59 Å². The molecule has 1 atom stereocenters. The summed E-state index contributed by atoms with van der Waals surface area (Å²) < 4.78 is 0. The van der Waals surface area contributed by atoms with Crippen molar-refractivity contribution in [1.29, 1.82) is 0 Å². The third-order valence-electron chi connectivity index (χ3n) is 7.36. The quantitative estimate of drug-likeness (QED) is 0.295. The molecule has 40 heavy (non-hydrogen) atoms. The van der Waals surface area contributed by atoms with Crippen molar-refractivity contribution in [2.24, 2.45) is 0 Å². The Hall–Kier alpha value is -4.23. The number of anilines is 1. The summed E-state index contributed by atoms with van der Waals surface area (Å²) in [6.45, 7) is 6.37. The molecule has 2 heterocycles. The molecule has 1 saturated heterocycles. The van der Waals surface area contributed by atoms with Gasteiger partial charge in [-0.25, -0.2) is 0 Å². The first-order valence-electron chi connectivity index (χ1n) is 13.4. The maximum atomic E-state index is 13.6. The van der Waals surface area contributed by atoms with Gasteiger partial charge in [-0.2, -0.15) is 0 Å². The maximum Gasteiger partial charge on any atom is 0.254 e. The average molecular weight is 554 g/mol. The fourth-order valence-corrected chi connectivity index (χ4v) is 4.98. The molecule has 2 amide bonds. The Balaban J connectivity index is 1.24. The van der Waals surface area contributed by atoms with Crippen LogP contribution < -0.4 is 4.90 Å². The Morgan fingerprint density at radius 3 is 2.15 bits per heavy atom. The number of nitrogens with zero attached hydrogens (tertiary/aromatic N) is 5. The number of benzene rings is 3. The summed E-state index contributed by atoms with van der Waals surface area (Å²) in [6.07, 6.45) is 0. The van der Waals surface area contributed by atoms with Crippen LogP contribution in [0.3, 0.4) is 0 Å². The molecule has 4 aromatic rings. The first-order chi connectivity index (χ1) is 19.4. The number of aryl methyl sites for hydroxylation is 1. The Morgan fingerprint density at radius 1 is 0.850 bits per heavy atom. The third-order valence-corrected chi connectivity index (χ3v) is 7.61. The van der Waals surface area contributed by atoms with Gasteiger partial charge in [0.2, 0.25) is 5.91 Å². The van der Waals surface area contributed by atoms with Crippen molar-refractivity contribution in [3.8, 4) is 11.3 Å². The second-order valence-corrected chi connectivity index (χ2v) is 10.5. The predicted octanol–water partition coefficient (Wildman–Crippen LogP) is 5.66. The number of halogens is 1. The predicted molar refractivity (Wildman–Crippen MR) is 158 cm³/mol. The molecule has 3 aromatic carbocycles. The summed E-state index contributed by atoms with van der Waals surface area (Å²) in [4.78, 5) is 32.6. The van der Waals surface area contributed by atoms with Crippen LogP contribution in [0.2, 0.25) is 5.02 Å². The molecule has 1 aromatic heterocycles. The molecular weight excluding hydrogens is 522 g/mol. The second kappa shape index (κ2) is 12.3. The number of hydrogen-bond acceptors (Lipinski definition) is 5. The molecular formula is C32H32ClN5O2. The van der Waals surface area contributed by atoms with E-state index < -0.39 is 0 Å². The zero-order chi connectivity index (χ0) is 28.1. The Bertz CT molecular complexity index is 1440. The first kappa shape index (κ1) is 27.3. The normalized spacial score (nSPS) is 14.1. The monoisotopic (exact) mass is 553 g/mol. The lowest BCUT2D eigenvalue weighted by atomic mass is 10.1. The molecule has 0 radical (unpaired) electrons. The highest BCUT2D eigenvalue weighted by Gasteiger charge is 2.29. The molecule has 204 valence electrons. The number of aromatic nitrogens is 2. The van der Waals surface area contributed by atoms with Gasteiger partial charge in [-0.15, -0.1) is 10.2 Å². The summed E-state index contributed by atoms with van der Waals surface area (Å²) >= 11 is 6.04. The molecule has 0 bridgehead atoms. The lowest BCUT2D eigenvalue weighted by molar-refractivity contribution is -0.132. The zero-order valence-electron chi connectivity index (χ0n) is 22.7. The van der Waals surface area contributed by atoms with Crippen molar-refractivity contribution in [3.05, 3.63) is 113 Å². The van der Waals surface area contributed by atoms with Crippen LogP contribution in [0.4, 0.5) is 5.82 Å². The Morgan fingerprint density at radius 2 is 1.52 bits per heavy atom. The standard InChI is InChI=1S/C32H32ClN5O2/c1-23-8-10-26(11-9-23)29-16-17-30(35-34-29)36-18-20-37(21-19-36)31(39)22-38(24(2)25-6-4-3-5-7-25)32(40)27-12-14-28(33)15-13-27/h3-17,24H,18-22H2,1-2H3/t24-/m0/s1. The molecule has 1 aliphatic heterocycles. The number of piperazine rings is 1. The fraction of sp³-hybridized carbons (Fsp3) is 0.250. The van der Waals surface area contributed by atoms with Crippen LogP contribution in [-0.4, -0.2) is 64.5 Å². The van der Waals surface area contributed by atoms with E-state index in [0.29, 0.717) is 36.8 Å². The fourth-order valence-electron chi connectivity index (χ4n) is 4.86. The number of carbonyl (C=O) groups is 2. The molecule has 0 saturated carbocycles. The highest BCUT2D eigenvalue weighted by Crippen LogP contribution is 2.24. The largest absolute Gasteiger partial charge is 0.352 e. The van der Waals surface area contributed by atoms with Gasteiger partial charge in [0.15, 0.2) is 5.82 Å². The van der Waals surface area contributed by atoms with Gasteiger partial charge in [0.25, 0.3) is 5.91 Å². The van der Waals surface area contributed by atoms with E-state index in [4.69, 9.17) is 11.6 Å². The van der Waals surface area contributed by atoms with Crippen molar-refractivity contribution in [2.75, 3.05) is 37.6 Å². The van der Waals surface area contributed by atoms with E-state index in [2.05, 4.69) is 34.2 Å². The molecule has 0 unspecified atom stereocenters. The molecule has 1 fully saturated rings. The van der Waals surface area contributed by atoms with Crippen LogP contribution in [0.15, 0.2) is 91.0 Å². The highest BCUT2D eigenvalue weighted by molar-refractivity contribution is 6.30. The van der Waals surface area contributed by atoms with Crippen molar-refractivity contribution in [1.82, 2.24) is 20.0 Å². The van der Waals surface area contributed by atoms with Crippen molar-refractivity contribution in [3.63, 3.8) is 0 Å². The van der Waals surface area contributed by atoms with Gasteiger partial charge in [-0.1, -0.05) is 71.8 Å². The smallest absolute Gasteiger partial charge is 0.254 e. The number of carbonyl (C=O) groups excluding carboxylic acids is 2. The Labute approximate surface area is 240 Å². The van der Waals surface area contributed by atoms with Crippen molar-refractivity contribution < 1.29 is 9.59 Å². The first-order valence-corrected chi connectivity index (χ1v) is 13.8. The molecule has 7 nitrogen and oxygen atoms in total. The minimum atomic E-state index is -0.281. The van der Waals surface area contributed by atoms with Crippen LogP contribution >= 0.6 is 11.6 Å². The Kier molecular flexibility index (Phi) is 8.41. The number of hydrogen-bond donors (Lipinski definition) is 0. The summed E-state index contributed by atoms with van der Waals surface area (Å²) in [5, 5.41) is 9.43. The lowest BCUT2D eigenvalue weighted by Gasteiger charge is -2.37. The van der Waals surface area contributed by atoms with E-state index >= 15 is 0 Å². The van der Waals surface area contributed by atoms with E-state index in [1.165, 1.54) is 5.56 Å².